The third-order valence-electron chi connectivity index (χ3n) is 4.00. The molecule has 0 spiro atoms. The minimum atomic E-state index is -0.436. The van der Waals surface area contributed by atoms with Gasteiger partial charge in [-0.2, -0.15) is 0 Å². The van der Waals surface area contributed by atoms with Crippen molar-refractivity contribution in [2.75, 3.05) is 13.2 Å². The Balaban J connectivity index is 1.72. The van der Waals surface area contributed by atoms with Crippen molar-refractivity contribution >= 4 is 6.09 Å². The number of hydrogen-bond donors (Lipinski definition) is 2. The molecule has 17 heavy (non-hydrogen) atoms. The number of alkyl carbamates (subject to hydrolysis) is 1. The Morgan fingerprint density at radius 2 is 2.06 bits per heavy atom. The summed E-state index contributed by atoms with van der Waals surface area (Å²) in [6.07, 6.45) is 2.97. The molecular weight excluding hydrogens is 218 g/mol. The fourth-order valence-corrected chi connectivity index (χ4v) is 3.24. The average molecular weight is 241 g/mol. The number of carbonyl (C=O) groups excluding carboxylic acids is 1. The predicted octanol–water partition coefficient (Wildman–Crippen LogP) is 1.92. The second-order valence-corrected chi connectivity index (χ2v) is 6.67. The van der Waals surface area contributed by atoms with Crippen molar-refractivity contribution in [1.29, 1.82) is 0 Å². The molecule has 1 atom stereocenters. The molecule has 3 rings (SSSR count). The molecule has 3 fully saturated rings. The maximum Gasteiger partial charge on any atom is 0.407 e. The molecule has 1 unspecified atom stereocenters. The normalized spacial score (nSPS) is 35.3. The zero-order valence-electron chi connectivity index (χ0n) is 11.0. The second kappa shape index (κ2) is 4.16. The van der Waals surface area contributed by atoms with Gasteiger partial charge in [-0.15, -0.1) is 0 Å². The smallest absolute Gasteiger partial charge is 0.407 e. The number of aliphatic hydroxyl groups is 1. The van der Waals surface area contributed by atoms with Crippen LogP contribution in [-0.2, 0) is 4.74 Å². The van der Waals surface area contributed by atoms with Gasteiger partial charge < -0.3 is 15.2 Å². The van der Waals surface area contributed by atoms with E-state index in [-0.39, 0.29) is 11.5 Å². The Labute approximate surface area is 103 Å². The zero-order valence-corrected chi connectivity index (χ0v) is 11.0. The Morgan fingerprint density at radius 1 is 1.41 bits per heavy atom. The standard InChI is InChI=1S/C13H23NO3/c1-12(2,3)17-11(16)14-7-10-6-13(8-15)4-9(10)5-13/h9-10,15H,4-8H2,1-3H3,(H,14,16). The highest BCUT2D eigenvalue weighted by atomic mass is 16.6. The van der Waals surface area contributed by atoms with Crippen molar-refractivity contribution in [2.24, 2.45) is 17.3 Å². The fourth-order valence-electron chi connectivity index (χ4n) is 3.24. The first-order valence-corrected chi connectivity index (χ1v) is 6.41. The van der Waals surface area contributed by atoms with Crippen LogP contribution in [0.2, 0.25) is 0 Å². The van der Waals surface area contributed by atoms with E-state index in [4.69, 9.17) is 4.74 Å². The topological polar surface area (TPSA) is 58.6 Å². The quantitative estimate of drug-likeness (QED) is 0.793. The number of aliphatic hydroxyl groups excluding tert-OH is 1. The van der Waals surface area contributed by atoms with E-state index in [1.807, 2.05) is 20.8 Å². The molecule has 0 heterocycles. The van der Waals surface area contributed by atoms with Gasteiger partial charge in [0.05, 0.1) is 0 Å². The summed E-state index contributed by atoms with van der Waals surface area (Å²) in [5.41, 5.74) is -0.251. The average Bonchev–Trinajstić information content (AvgIpc) is 2.65. The molecule has 0 aromatic rings. The van der Waals surface area contributed by atoms with Gasteiger partial charge in [0.1, 0.15) is 5.60 Å². The largest absolute Gasteiger partial charge is 0.444 e. The van der Waals surface area contributed by atoms with E-state index in [1.165, 1.54) is 0 Å². The van der Waals surface area contributed by atoms with Crippen LogP contribution in [-0.4, -0.2) is 30.0 Å². The summed E-state index contributed by atoms with van der Waals surface area (Å²) in [6.45, 7) is 6.56. The zero-order chi connectivity index (χ0) is 12.7. The summed E-state index contributed by atoms with van der Waals surface area (Å²) >= 11 is 0. The lowest BCUT2D eigenvalue weighted by Crippen LogP contribution is -2.36. The van der Waals surface area contributed by atoms with E-state index in [2.05, 4.69) is 5.32 Å². The summed E-state index contributed by atoms with van der Waals surface area (Å²) in [5, 5.41) is 12.1. The van der Waals surface area contributed by atoms with Gasteiger partial charge in [0, 0.05) is 13.2 Å². The second-order valence-electron chi connectivity index (χ2n) is 6.67. The molecular formula is C13H23NO3. The van der Waals surface area contributed by atoms with Crippen LogP contribution in [0.1, 0.15) is 40.0 Å². The number of rotatable bonds is 3. The predicted molar refractivity (Wildman–Crippen MR) is 64.6 cm³/mol. The number of nitrogens with one attached hydrogen (secondary N) is 1. The summed E-state index contributed by atoms with van der Waals surface area (Å²) in [6, 6.07) is 0. The molecule has 4 heteroatoms. The Morgan fingerprint density at radius 3 is 2.53 bits per heavy atom. The summed E-state index contributed by atoms with van der Waals surface area (Å²) in [4.78, 5) is 11.5. The van der Waals surface area contributed by atoms with Crippen LogP contribution in [0.25, 0.3) is 0 Å². The van der Waals surface area contributed by atoms with Gasteiger partial charge in [0.2, 0.25) is 0 Å². The number of fused-ring (bicyclic) bond motifs is 1. The van der Waals surface area contributed by atoms with Crippen molar-refractivity contribution in [1.82, 2.24) is 5.32 Å². The van der Waals surface area contributed by atoms with Gasteiger partial charge in [0.25, 0.3) is 0 Å². The molecule has 3 aliphatic carbocycles. The van der Waals surface area contributed by atoms with Crippen molar-refractivity contribution in [3.63, 3.8) is 0 Å². The molecule has 4 nitrogen and oxygen atoms in total. The Bertz CT molecular complexity index is 302. The first kappa shape index (κ1) is 12.7. The highest BCUT2D eigenvalue weighted by molar-refractivity contribution is 5.67. The van der Waals surface area contributed by atoms with Gasteiger partial charge in [-0.1, -0.05) is 0 Å². The molecule has 0 radical (unpaired) electrons. The highest BCUT2D eigenvalue weighted by Gasteiger charge is 2.55. The Kier molecular flexibility index (Phi) is 3.10. The van der Waals surface area contributed by atoms with Gasteiger partial charge in [-0.05, 0) is 57.3 Å². The van der Waals surface area contributed by atoms with E-state index in [0.717, 1.165) is 19.3 Å². The molecule has 0 aromatic carbocycles. The van der Waals surface area contributed by atoms with Crippen LogP contribution in [0, 0.1) is 17.3 Å². The molecule has 98 valence electrons. The van der Waals surface area contributed by atoms with Crippen LogP contribution >= 0.6 is 0 Å². The molecule has 3 aliphatic rings. The lowest BCUT2D eigenvalue weighted by atomic mass is 9.70. The third-order valence-corrected chi connectivity index (χ3v) is 4.00. The molecule has 3 saturated carbocycles. The van der Waals surface area contributed by atoms with E-state index < -0.39 is 5.60 Å². The van der Waals surface area contributed by atoms with Crippen molar-refractivity contribution in [2.45, 2.75) is 45.6 Å². The van der Waals surface area contributed by atoms with Crippen LogP contribution in [0.5, 0.6) is 0 Å². The first-order chi connectivity index (χ1) is 7.84. The minimum Gasteiger partial charge on any atom is -0.444 e. The van der Waals surface area contributed by atoms with Gasteiger partial charge in [-0.25, -0.2) is 4.79 Å². The molecule has 2 N–H and O–H groups in total. The summed E-state index contributed by atoms with van der Waals surface area (Å²) < 4.78 is 5.20. The number of hydrogen-bond acceptors (Lipinski definition) is 3. The van der Waals surface area contributed by atoms with Gasteiger partial charge in [0.15, 0.2) is 0 Å². The van der Waals surface area contributed by atoms with E-state index >= 15 is 0 Å². The number of ether oxygens (including phenoxy) is 1. The Hall–Kier alpha value is -0.770. The highest BCUT2D eigenvalue weighted by Crippen LogP contribution is 2.61. The fraction of sp³-hybridized carbons (Fsp3) is 0.923. The molecule has 1 amide bonds. The molecule has 0 saturated heterocycles. The van der Waals surface area contributed by atoms with Crippen molar-refractivity contribution in [3.05, 3.63) is 0 Å². The molecule has 0 aromatic heterocycles. The van der Waals surface area contributed by atoms with Crippen molar-refractivity contribution in [3.8, 4) is 0 Å². The van der Waals surface area contributed by atoms with Crippen LogP contribution in [0.15, 0.2) is 0 Å². The third kappa shape index (κ3) is 2.73. The lowest BCUT2D eigenvalue weighted by Gasteiger charge is -2.36. The van der Waals surface area contributed by atoms with E-state index in [9.17, 15) is 9.90 Å². The van der Waals surface area contributed by atoms with Crippen LogP contribution in [0.4, 0.5) is 4.79 Å². The minimum absolute atomic E-state index is 0.185. The molecule has 0 aliphatic heterocycles. The van der Waals surface area contributed by atoms with Crippen molar-refractivity contribution < 1.29 is 14.6 Å². The van der Waals surface area contributed by atoms with Gasteiger partial charge in [-0.3, -0.25) is 0 Å². The lowest BCUT2D eigenvalue weighted by molar-refractivity contribution is 0.0497. The molecule has 2 bridgehead atoms. The summed E-state index contributed by atoms with van der Waals surface area (Å²) in [5.74, 6) is 1.21. The number of carbonyl (C=O) groups is 1. The maximum absolute atomic E-state index is 11.5. The van der Waals surface area contributed by atoms with Gasteiger partial charge >= 0.3 is 6.09 Å². The van der Waals surface area contributed by atoms with E-state index in [0.29, 0.717) is 25.0 Å². The maximum atomic E-state index is 11.5. The first-order valence-electron chi connectivity index (χ1n) is 6.41. The monoisotopic (exact) mass is 241 g/mol. The van der Waals surface area contributed by atoms with Crippen LogP contribution < -0.4 is 5.32 Å². The van der Waals surface area contributed by atoms with E-state index in [1.54, 1.807) is 0 Å². The number of amides is 1. The van der Waals surface area contributed by atoms with Crippen LogP contribution in [0.3, 0.4) is 0 Å². The summed E-state index contributed by atoms with van der Waals surface area (Å²) in [7, 11) is 0. The SMILES string of the molecule is CC(C)(C)OC(=O)NCC1CC2(CO)CC1C2.